The number of rotatable bonds is 1. The van der Waals surface area contributed by atoms with E-state index in [1.54, 1.807) is 0 Å². The maximum atomic E-state index is 10.6. The van der Waals surface area contributed by atoms with Crippen molar-refractivity contribution in [1.82, 2.24) is 5.32 Å². The standard InChI is InChI=1S/C8H13NO2/c10-5-7-8(6-9-7)1-3-11-4-2-8/h5,7,9H,1-4,6H2. The van der Waals surface area contributed by atoms with Gasteiger partial charge in [0.25, 0.3) is 0 Å². The van der Waals surface area contributed by atoms with Gasteiger partial charge in [-0.1, -0.05) is 0 Å². The number of carbonyl (C=O) groups excluding carboxylic acids is 1. The minimum atomic E-state index is 0.103. The lowest BCUT2D eigenvalue weighted by Crippen LogP contribution is -2.64. The van der Waals surface area contributed by atoms with Crippen molar-refractivity contribution in [3.8, 4) is 0 Å². The van der Waals surface area contributed by atoms with Gasteiger partial charge < -0.3 is 14.8 Å². The van der Waals surface area contributed by atoms with Crippen molar-refractivity contribution in [2.75, 3.05) is 19.8 Å². The maximum Gasteiger partial charge on any atom is 0.137 e. The normalized spacial score (nSPS) is 34.7. The van der Waals surface area contributed by atoms with Crippen molar-refractivity contribution in [2.24, 2.45) is 5.41 Å². The molecule has 0 bridgehead atoms. The average Bonchev–Trinajstić information content (AvgIpc) is 2.05. The van der Waals surface area contributed by atoms with Crippen LogP contribution < -0.4 is 5.32 Å². The van der Waals surface area contributed by atoms with Gasteiger partial charge in [0.1, 0.15) is 6.29 Å². The Morgan fingerprint density at radius 3 is 2.64 bits per heavy atom. The average molecular weight is 155 g/mol. The first kappa shape index (κ1) is 7.25. The van der Waals surface area contributed by atoms with Crippen LogP contribution in [0, 0.1) is 5.41 Å². The van der Waals surface area contributed by atoms with E-state index in [1.165, 1.54) is 0 Å². The number of hydrogen-bond acceptors (Lipinski definition) is 3. The second kappa shape index (κ2) is 2.57. The monoisotopic (exact) mass is 155 g/mol. The van der Waals surface area contributed by atoms with Gasteiger partial charge in [0.15, 0.2) is 0 Å². The van der Waals surface area contributed by atoms with Crippen LogP contribution in [0.4, 0.5) is 0 Å². The molecular weight excluding hydrogens is 142 g/mol. The lowest BCUT2D eigenvalue weighted by atomic mass is 9.68. The van der Waals surface area contributed by atoms with E-state index in [-0.39, 0.29) is 11.5 Å². The summed E-state index contributed by atoms with van der Waals surface area (Å²) in [6, 6.07) is 0.103. The summed E-state index contributed by atoms with van der Waals surface area (Å²) in [5.41, 5.74) is 0.264. The van der Waals surface area contributed by atoms with Crippen molar-refractivity contribution in [1.29, 1.82) is 0 Å². The number of aldehydes is 1. The summed E-state index contributed by atoms with van der Waals surface area (Å²) in [7, 11) is 0. The molecule has 2 rings (SSSR count). The van der Waals surface area contributed by atoms with E-state index in [0.29, 0.717) is 0 Å². The first-order valence-corrected chi connectivity index (χ1v) is 4.14. The van der Waals surface area contributed by atoms with E-state index in [9.17, 15) is 4.79 Å². The molecular formula is C8H13NO2. The summed E-state index contributed by atoms with van der Waals surface area (Å²) in [5.74, 6) is 0. The summed E-state index contributed by atoms with van der Waals surface area (Å²) in [6.45, 7) is 2.65. The third-order valence-electron chi connectivity index (χ3n) is 2.96. The van der Waals surface area contributed by atoms with Crippen molar-refractivity contribution in [3.05, 3.63) is 0 Å². The fourth-order valence-electron chi connectivity index (χ4n) is 1.97. The number of nitrogens with one attached hydrogen (secondary N) is 1. The van der Waals surface area contributed by atoms with E-state index in [2.05, 4.69) is 5.32 Å². The lowest BCUT2D eigenvalue weighted by molar-refractivity contribution is -0.121. The second-order valence-electron chi connectivity index (χ2n) is 3.47. The predicted octanol–water partition coefficient (Wildman–Crippen LogP) is -0.0461. The van der Waals surface area contributed by atoms with E-state index in [4.69, 9.17) is 4.74 Å². The fourth-order valence-corrected chi connectivity index (χ4v) is 1.97. The van der Waals surface area contributed by atoms with Crippen LogP contribution in [-0.4, -0.2) is 32.1 Å². The molecule has 0 aliphatic carbocycles. The molecule has 2 saturated heterocycles. The van der Waals surface area contributed by atoms with E-state index >= 15 is 0 Å². The SMILES string of the molecule is O=CC1NCC12CCOCC2. The van der Waals surface area contributed by atoms with Crippen LogP contribution in [0.15, 0.2) is 0 Å². The summed E-state index contributed by atoms with van der Waals surface area (Å²) in [4.78, 5) is 10.6. The van der Waals surface area contributed by atoms with Gasteiger partial charge >= 0.3 is 0 Å². The minimum absolute atomic E-state index is 0.103. The fraction of sp³-hybridized carbons (Fsp3) is 0.875. The van der Waals surface area contributed by atoms with Crippen LogP contribution in [0.3, 0.4) is 0 Å². The first-order valence-electron chi connectivity index (χ1n) is 4.14. The molecule has 1 atom stereocenters. The molecule has 2 aliphatic heterocycles. The van der Waals surface area contributed by atoms with Crippen molar-refractivity contribution in [2.45, 2.75) is 18.9 Å². The Kier molecular flexibility index (Phi) is 1.69. The smallest absolute Gasteiger partial charge is 0.137 e. The molecule has 62 valence electrons. The summed E-state index contributed by atoms with van der Waals surface area (Å²) < 4.78 is 5.25. The second-order valence-corrected chi connectivity index (χ2v) is 3.47. The Morgan fingerprint density at radius 2 is 2.18 bits per heavy atom. The van der Waals surface area contributed by atoms with Crippen LogP contribution in [0.5, 0.6) is 0 Å². The Bertz CT molecular complexity index is 163. The molecule has 3 heteroatoms. The van der Waals surface area contributed by atoms with Gasteiger partial charge in [-0.15, -0.1) is 0 Å². The molecule has 0 aromatic carbocycles. The van der Waals surface area contributed by atoms with E-state index in [0.717, 1.165) is 38.9 Å². The van der Waals surface area contributed by atoms with Gasteiger partial charge in [-0.2, -0.15) is 0 Å². The summed E-state index contributed by atoms with van der Waals surface area (Å²) in [6.07, 6.45) is 3.13. The van der Waals surface area contributed by atoms with Gasteiger partial charge in [0.2, 0.25) is 0 Å². The molecule has 0 aromatic heterocycles. The van der Waals surface area contributed by atoms with E-state index < -0.39 is 0 Å². The Morgan fingerprint density at radius 1 is 1.45 bits per heavy atom. The number of hydrogen-bond donors (Lipinski definition) is 1. The van der Waals surface area contributed by atoms with Crippen molar-refractivity contribution < 1.29 is 9.53 Å². The quantitative estimate of drug-likeness (QED) is 0.540. The van der Waals surface area contributed by atoms with Crippen molar-refractivity contribution >= 4 is 6.29 Å². The summed E-state index contributed by atoms with van der Waals surface area (Å²) >= 11 is 0. The Balaban J connectivity index is 2.02. The number of carbonyl (C=O) groups is 1. The third kappa shape index (κ3) is 0.993. The van der Waals surface area contributed by atoms with E-state index in [1.807, 2.05) is 0 Å². The van der Waals surface area contributed by atoms with Crippen LogP contribution in [0.2, 0.25) is 0 Å². The van der Waals surface area contributed by atoms with Crippen LogP contribution >= 0.6 is 0 Å². The van der Waals surface area contributed by atoms with Gasteiger partial charge in [-0.25, -0.2) is 0 Å². The Hall–Kier alpha value is -0.410. The first-order chi connectivity index (χ1) is 5.37. The predicted molar refractivity (Wildman–Crippen MR) is 40.3 cm³/mol. The highest BCUT2D eigenvalue weighted by Gasteiger charge is 2.46. The molecule has 2 aliphatic rings. The zero-order valence-electron chi connectivity index (χ0n) is 6.51. The zero-order chi connectivity index (χ0) is 7.73. The molecule has 3 nitrogen and oxygen atoms in total. The largest absolute Gasteiger partial charge is 0.381 e. The molecule has 2 heterocycles. The molecule has 0 aromatic rings. The van der Waals surface area contributed by atoms with Gasteiger partial charge in [0.05, 0.1) is 6.04 Å². The highest BCUT2D eigenvalue weighted by molar-refractivity contribution is 5.61. The molecule has 0 radical (unpaired) electrons. The maximum absolute atomic E-state index is 10.6. The third-order valence-corrected chi connectivity index (χ3v) is 2.96. The highest BCUT2D eigenvalue weighted by atomic mass is 16.5. The lowest BCUT2D eigenvalue weighted by Gasteiger charge is -2.50. The van der Waals surface area contributed by atoms with Crippen LogP contribution in [0.25, 0.3) is 0 Å². The number of ether oxygens (including phenoxy) is 1. The summed E-state index contributed by atoms with van der Waals surface area (Å²) in [5, 5.41) is 3.13. The van der Waals surface area contributed by atoms with Gasteiger partial charge in [-0.05, 0) is 12.8 Å². The van der Waals surface area contributed by atoms with Gasteiger partial charge in [0, 0.05) is 25.2 Å². The molecule has 0 amide bonds. The molecule has 1 unspecified atom stereocenters. The zero-order valence-corrected chi connectivity index (χ0v) is 6.51. The van der Waals surface area contributed by atoms with Gasteiger partial charge in [-0.3, -0.25) is 0 Å². The molecule has 0 saturated carbocycles. The molecule has 1 spiro atoms. The van der Waals surface area contributed by atoms with Crippen molar-refractivity contribution in [3.63, 3.8) is 0 Å². The highest BCUT2D eigenvalue weighted by Crippen LogP contribution is 2.38. The molecule has 11 heavy (non-hydrogen) atoms. The Labute approximate surface area is 66.1 Å². The molecule has 2 fully saturated rings. The topological polar surface area (TPSA) is 38.3 Å². The minimum Gasteiger partial charge on any atom is -0.381 e. The van der Waals surface area contributed by atoms with Crippen LogP contribution in [-0.2, 0) is 9.53 Å². The van der Waals surface area contributed by atoms with Crippen LogP contribution in [0.1, 0.15) is 12.8 Å². The molecule has 1 N–H and O–H groups in total.